The summed E-state index contributed by atoms with van der Waals surface area (Å²) >= 11 is 0. The fourth-order valence-corrected chi connectivity index (χ4v) is 5.72. The highest BCUT2D eigenvalue weighted by Crippen LogP contribution is 2.40. The van der Waals surface area contributed by atoms with Crippen LogP contribution >= 0.6 is 0 Å². The zero-order chi connectivity index (χ0) is 23.8. The molecule has 3 aromatic rings. The smallest absolute Gasteiger partial charge is 0.414 e. The van der Waals surface area contributed by atoms with E-state index in [1.165, 1.54) is 32.4 Å². The minimum Gasteiger partial charge on any atom is -0.497 e. The van der Waals surface area contributed by atoms with Gasteiger partial charge >= 0.3 is 6.09 Å². The topological polar surface area (TPSA) is 56.6 Å². The van der Waals surface area contributed by atoms with Crippen molar-refractivity contribution in [2.24, 2.45) is 0 Å². The van der Waals surface area contributed by atoms with Crippen molar-refractivity contribution in [1.82, 2.24) is 9.55 Å². The van der Waals surface area contributed by atoms with Crippen molar-refractivity contribution in [3.63, 3.8) is 0 Å². The van der Waals surface area contributed by atoms with Gasteiger partial charge in [0.05, 0.1) is 30.9 Å². The summed E-state index contributed by atoms with van der Waals surface area (Å²) in [6.45, 7) is 2.05. The number of anilines is 1. The van der Waals surface area contributed by atoms with Gasteiger partial charge in [-0.05, 0) is 62.4 Å². The molecule has 7 heteroatoms. The first-order chi connectivity index (χ1) is 16.5. The average Bonchev–Trinajstić information content (AvgIpc) is 3.21. The number of hydrogen-bond donors (Lipinski definition) is 0. The molecule has 0 saturated heterocycles. The quantitative estimate of drug-likeness (QED) is 0.461. The van der Waals surface area contributed by atoms with Crippen LogP contribution in [0.2, 0.25) is 0 Å². The Morgan fingerprint density at radius 2 is 1.91 bits per heavy atom. The number of carbonyl (C=O) groups excluding carboxylic acids is 1. The number of halogens is 1. The Kier molecular flexibility index (Phi) is 6.19. The molecule has 1 aliphatic heterocycles. The number of imidazole rings is 1. The molecule has 1 atom stereocenters. The van der Waals surface area contributed by atoms with Crippen molar-refractivity contribution >= 4 is 22.8 Å². The van der Waals surface area contributed by atoms with Crippen LogP contribution < -0.4 is 9.64 Å². The van der Waals surface area contributed by atoms with Gasteiger partial charge < -0.3 is 14.0 Å². The van der Waals surface area contributed by atoms with Crippen LogP contribution in [0.1, 0.15) is 68.4 Å². The molecule has 0 radical (unpaired) electrons. The number of methoxy groups -OCH3 is 2. The normalized spacial score (nSPS) is 18.7. The van der Waals surface area contributed by atoms with Crippen molar-refractivity contribution in [2.45, 2.75) is 70.4 Å². The van der Waals surface area contributed by atoms with Crippen LogP contribution in [0.4, 0.5) is 14.9 Å². The highest BCUT2D eigenvalue weighted by atomic mass is 19.1. The van der Waals surface area contributed by atoms with Crippen LogP contribution in [0.25, 0.3) is 11.0 Å². The molecule has 5 rings (SSSR count). The summed E-state index contributed by atoms with van der Waals surface area (Å²) in [5, 5.41) is 0. The predicted octanol–water partition coefficient (Wildman–Crippen LogP) is 6.19. The molecule has 0 spiro atoms. The first kappa shape index (κ1) is 22.7. The number of fused-ring (bicyclic) bond motifs is 3. The van der Waals surface area contributed by atoms with E-state index in [0.29, 0.717) is 18.2 Å². The van der Waals surface area contributed by atoms with Gasteiger partial charge in [-0.25, -0.2) is 14.2 Å². The molecule has 1 fully saturated rings. The number of nitrogens with zero attached hydrogens (tertiary/aromatic N) is 3. The van der Waals surface area contributed by atoms with E-state index in [4.69, 9.17) is 14.5 Å². The van der Waals surface area contributed by atoms with Crippen LogP contribution in [0.3, 0.4) is 0 Å². The molecule has 1 aromatic heterocycles. The Hall–Kier alpha value is -3.09. The number of amides is 1. The molecule has 2 aliphatic rings. The zero-order valence-electron chi connectivity index (χ0n) is 20.1. The zero-order valence-corrected chi connectivity index (χ0v) is 20.1. The minimum absolute atomic E-state index is 0.0667. The molecule has 180 valence electrons. The molecule has 0 unspecified atom stereocenters. The number of hydrogen-bond acceptors (Lipinski definition) is 4. The maximum Gasteiger partial charge on any atom is 0.414 e. The van der Waals surface area contributed by atoms with Crippen molar-refractivity contribution in [1.29, 1.82) is 0 Å². The van der Waals surface area contributed by atoms with Crippen molar-refractivity contribution in [3.8, 4) is 5.75 Å². The van der Waals surface area contributed by atoms with Gasteiger partial charge in [0, 0.05) is 30.1 Å². The molecule has 1 aliphatic carbocycles. The summed E-state index contributed by atoms with van der Waals surface area (Å²) in [5.74, 6) is 1.14. The second-order valence-corrected chi connectivity index (χ2v) is 9.52. The molecular formula is C27H32FN3O3. The number of benzene rings is 2. The summed E-state index contributed by atoms with van der Waals surface area (Å²) in [6, 6.07) is 9.41. The Morgan fingerprint density at radius 1 is 1.12 bits per heavy atom. The van der Waals surface area contributed by atoms with E-state index in [9.17, 15) is 9.18 Å². The van der Waals surface area contributed by atoms with Gasteiger partial charge in [0.25, 0.3) is 0 Å². The highest BCUT2D eigenvalue weighted by Gasteiger charge is 2.32. The first-order valence-electron chi connectivity index (χ1n) is 12.2. The highest BCUT2D eigenvalue weighted by molar-refractivity contribution is 5.95. The van der Waals surface area contributed by atoms with Gasteiger partial charge in [0.15, 0.2) is 0 Å². The van der Waals surface area contributed by atoms with Gasteiger partial charge in [-0.3, -0.25) is 4.90 Å². The molecule has 34 heavy (non-hydrogen) atoms. The fourth-order valence-electron chi connectivity index (χ4n) is 5.72. The summed E-state index contributed by atoms with van der Waals surface area (Å²) in [7, 11) is 2.97. The number of ether oxygens (including phenoxy) is 2. The number of rotatable bonds is 4. The summed E-state index contributed by atoms with van der Waals surface area (Å²) < 4.78 is 27.0. The van der Waals surface area contributed by atoms with Crippen molar-refractivity contribution in [2.75, 3.05) is 19.1 Å². The lowest BCUT2D eigenvalue weighted by Gasteiger charge is -2.34. The lowest BCUT2D eigenvalue weighted by molar-refractivity contribution is 0.175. The standard InChI is InChI=1S/C27H32FN3O3/c1-17-9-10-22-23(30(17)27(32)34-3)11-12-24-26(22)29-25(31(24)20-7-5-4-6-8-20)15-18-13-19(28)16-21(14-18)33-2/h11-14,16-17,20H,4-10,15H2,1-3H3/t17-/m0/s1. The molecular weight excluding hydrogens is 433 g/mol. The van der Waals surface area contributed by atoms with Crippen LogP contribution in [0.5, 0.6) is 5.75 Å². The van der Waals surface area contributed by atoms with Gasteiger partial charge in [0.1, 0.15) is 17.4 Å². The van der Waals surface area contributed by atoms with E-state index >= 15 is 0 Å². The summed E-state index contributed by atoms with van der Waals surface area (Å²) in [5.41, 5.74) is 4.85. The monoisotopic (exact) mass is 465 g/mol. The molecule has 2 heterocycles. The summed E-state index contributed by atoms with van der Waals surface area (Å²) in [6.07, 6.45) is 7.80. The Morgan fingerprint density at radius 3 is 2.65 bits per heavy atom. The lowest BCUT2D eigenvalue weighted by atomic mass is 9.94. The van der Waals surface area contributed by atoms with E-state index in [0.717, 1.165) is 59.4 Å². The van der Waals surface area contributed by atoms with E-state index in [-0.39, 0.29) is 18.0 Å². The number of aryl methyl sites for hydroxylation is 1. The van der Waals surface area contributed by atoms with E-state index < -0.39 is 0 Å². The van der Waals surface area contributed by atoms with E-state index in [2.05, 4.69) is 10.6 Å². The number of carbonyl (C=O) groups is 1. The molecule has 6 nitrogen and oxygen atoms in total. The van der Waals surface area contributed by atoms with Crippen molar-refractivity contribution < 1.29 is 18.7 Å². The lowest BCUT2D eigenvalue weighted by Crippen LogP contribution is -2.42. The molecule has 2 aromatic carbocycles. The second-order valence-electron chi connectivity index (χ2n) is 9.52. The van der Waals surface area contributed by atoms with Crippen LogP contribution in [-0.4, -0.2) is 35.9 Å². The maximum absolute atomic E-state index is 14.2. The molecule has 1 saturated carbocycles. The molecule has 1 amide bonds. The maximum atomic E-state index is 14.2. The molecule has 0 N–H and O–H groups in total. The number of aromatic nitrogens is 2. The predicted molar refractivity (Wildman–Crippen MR) is 130 cm³/mol. The van der Waals surface area contributed by atoms with Crippen LogP contribution in [0, 0.1) is 5.82 Å². The fraction of sp³-hybridized carbons (Fsp3) is 0.481. The van der Waals surface area contributed by atoms with Crippen LogP contribution in [-0.2, 0) is 17.6 Å². The van der Waals surface area contributed by atoms with Gasteiger partial charge in [0.2, 0.25) is 0 Å². The molecule has 0 bridgehead atoms. The third-order valence-electron chi connectivity index (χ3n) is 7.37. The Labute approximate surface area is 199 Å². The first-order valence-corrected chi connectivity index (χ1v) is 12.2. The van der Waals surface area contributed by atoms with E-state index in [1.807, 2.05) is 19.1 Å². The SMILES string of the molecule is COC(=O)N1c2ccc3c(nc(Cc4cc(F)cc(OC)c4)n3C3CCCCC3)c2CC[C@@H]1C. The van der Waals surface area contributed by atoms with Crippen molar-refractivity contribution in [3.05, 3.63) is 53.1 Å². The second kappa shape index (κ2) is 9.28. The largest absolute Gasteiger partial charge is 0.497 e. The van der Waals surface area contributed by atoms with Crippen LogP contribution in [0.15, 0.2) is 30.3 Å². The third kappa shape index (κ3) is 4.01. The van der Waals surface area contributed by atoms with E-state index in [1.54, 1.807) is 18.1 Å². The van der Waals surface area contributed by atoms with Gasteiger partial charge in [-0.15, -0.1) is 0 Å². The summed E-state index contributed by atoms with van der Waals surface area (Å²) in [4.78, 5) is 19.5. The third-order valence-corrected chi connectivity index (χ3v) is 7.37. The Balaban J connectivity index is 1.65. The van der Waals surface area contributed by atoms with Gasteiger partial charge in [-0.1, -0.05) is 19.3 Å². The van der Waals surface area contributed by atoms with Gasteiger partial charge in [-0.2, -0.15) is 0 Å². The Bertz CT molecular complexity index is 1220. The average molecular weight is 466 g/mol. The minimum atomic E-state index is -0.341.